The molecule has 0 aromatic heterocycles. The number of nitrogens with one attached hydrogen (secondary N) is 1. The fourth-order valence-electron chi connectivity index (χ4n) is 3.29. The van der Waals surface area contributed by atoms with Crippen molar-refractivity contribution in [2.75, 3.05) is 6.54 Å². The van der Waals surface area contributed by atoms with Crippen molar-refractivity contribution < 1.29 is 15.3 Å². The lowest BCUT2D eigenvalue weighted by Gasteiger charge is -2.31. The molecule has 0 spiro atoms. The van der Waals surface area contributed by atoms with Crippen molar-refractivity contribution >= 4 is 0 Å². The molecule has 2 unspecified atom stereocenters. The third-order valence-electron chi connectivity index (χ3n) is 4.59. The van der Waals surface area contributed by atoms with Gasteiger partial charge in [-0.2, -0.15) is 0 Å². The summed E-state index contributed by atoms with van der Waals surface area (Å²) in [6.07, 6.45) is 2.78. The van der Waals surface area contributed by atoms with Crippen LogP contribution in [0.25, 0.3) is 0 Å². The normalized spacial score (nSPS) is 20.2. The van der Waals surface area contributed by atoms with Crippen LogP contribution in [0.4, 0.5) is 0 Å². The number of aryl methyl sites for hydroxylation is 1. The molecule has 1 aliphatic rings. The Balaban J connectivity index is 1.55. The summed E-state index contributed by atoms with van der Waals surface area (Å²) in [7, 11) is 0. The average Bonchev–Trinajstić information content (AvgIpc) is 2.58. The molecular weight excluding hydrogens is 290 g/mol. The fourth-order valence-corrected chi connectivity index (χ4v) is 3.29. The molecule has 0 aliphatic heterocycles. The number of hydrogen-bond acceptors (Lipinski definition) is 4. The van der Waals surface area contributed by atoms with Gasteiger partial charge >= 0.3 is 0 Å². The van der Waals surface area contributed by atoms with Crippen molar-refractivity contribution in [1.82, 2.24) is 5.32 Å². The number of hydrogen-bond donors (Lipinski definition) is 4. The summed E-state index contributed by atoms with van der Waals surface area (Å²) < 4.78 is 0. The molecule has 0 fully saturated rings. The highest BCUT2D eigenvalue weighted by atomic mass is 16.3. The quantitative estimate of drug-likeness (QED) is 0.506. The van der Waals surface area contributed by atoms with Gasteiger partial charge in [0.25, 0.3) is 0 Å². The molecular formula is C19H23NO3. The first-order valence-corrected chi connectivity index (χ1v) is 8.16. The topological polar surface area (TPSA) is 72.7 Å². The van der Waals surface area contributed by atoms with Gasteiger partial charge in [-0.05, 0) is 49.4 Å². The van der Waals surface area contributed by atoms with E-state index in [0.29, 0.717) is 17.5 Å². The van der Waals surface area contributed by atoms with E-state index >= 15 is 0 Å². The molecule has 0 saturated heterocycles. The highest BCUT2D eigenvalue weighted by Gasteiger charge is 2.29. The highest BCUT2D eigenvalue weighted by Crippen LogP contribution is 2.39. The Morgan fingerprint density at radius 3 is 2.61 bits per heavy atom. The zero-order valence-corrected chi connectivity index (χ0v) is 13.1. The van der Waals surface area contributed by atoms with E-state index in [1.807, 2.05) is 18.2 Å². The van der Waals surface area contributed by atoms with Gasteiger partial charge in [0.2, 0.25) is 0 Å². The molecule has 4 N–H and O–H groups in total. The molecule has 2 aromatic rings. The number of phenolic OH excluding ortho intramolecular Hbond substituents is 2. The zero-order chi connectivity index (χ0) is 16.2. The molecule has 23 heavy (non-hydrogen) atoms. The highest BCUT2D eigenvalue weighted by molar-refractivity contribution is 5.51. The van der Waals surface area contributed by atoms with Crippen LogP contribution in [0.15, 0.2) is 42.5 Å². The molecule has 2 atom stereocenters. The molecule has 0 amide bonds. The summed E-state index contributed by atoms with van der Waals surface area (Å²) in [5.41, 5.74) is 2.70. The van der Waals surface area contributed by atoms with Gasteiger partial charge in [0.15, 0.2) is 11.5 Å². The van der Waals surface area contributed by atoms with E-state index in [9.17, 15) is 15.3 Å². The Kier molecular flexibility index (Phi) is 4.84. The van der Waals surface area contributed by atoms with Crippen molar-refractivity contribution in [3.05, 3.63) is 59.2 Å². The number of fused-ring (bicyclic) bond motifs is 1. The minimum Gasteiger partial charge on any atom is -0.504 e. The van der Waals surface area contributed by atoms with Gasteiger partial charge in [0.05, 0.1) is 6.10 Å². The second-order valence-corrected chi connectivity index (χ2v) is 6.13. The van der Waals surface area contributed by atoms with Crippen molar-refractivity contribution in [1.29, 1.82) is 0 Å². The molecule has 1 aliphatic carbocycles. The van der Waals surface area contributed by atoms with Gasteiger partial charge in [-0.3, -0.25) is 0 Å². The first-order valence-electron chi connectivity index (χ1n) is 8.16. The minimum atomic E-state index is -0.651. The lowest BCUT2D eigenvalue weighted by molar-refractivity contribution is 0.114. The Labute approximate surface area is 136 Å². The lowest BCUT2D eigenvalue weighted by atomic mass is 9.85. The maximum atomic E-state index is 10.5. The van der Waals surface area contributed by atoms with E-state index in [-0.39, 0.29) is 17.5 Å². The monoisotopic (exact) mass is 313 g/mol. The number of aromatic hydroxyl groups is 2. The minimum absolute atomic E-state index is 0.0118. The van der Waals surface area contributed by atoms with Gasteiger partial charge in [0, 0.05) is 11.6 Å². The maximum Gasteiger partial charge on any atom is 0.161 e. The third-order valence-corrected chi connectivity index (χ3v) is 4.59. The Morgan fingerprint density at radius 1 is 1.04 bits per heavy atom. The van der Waals surface area contributed by atoms with E-state index in [2.05, 4.69) is 17.4 Å². The molecule has 0 radical (unpaired) electrons. The Morgan fingerprint density at radius 2 is 1.83 bits per heavy atom. The van der Waals surface area contributed by atoms with Crippen LogP contribution in [0.1, 0.15) is 35.6 Å². The van der Waals surface area contributed by atoms with E-state index in [4.69, 9.17) is 0 Å². The van der Waals surface area contributed by atoms with Gasteiger partial charge in [-0.15, -0.1) is 0 Å². The van der Waals surface area contributed by atoms with Crippen molar-refractivity contribution in [3.63, 3.8) is 0 Å². The predicted octanol–water partition coefficient (Wildman–Crippen LogP) is 2.67. The summed E-state index contributed by atoms with van der Waals surface area (Å²) in [6.45, 7) is 0.843. The average molecular weight is 313 g/mol. The van der Waals surface area contributed by atoms with Crippen LogP contribution >= 0.6 is 0 Å². The van der Waals surface area contributed by atoms with E-state index < -0.39 is 6.10 Å². The van der Waals surface area contributed by atoms with Crippen LogP contribution in [0, 0.1) is 0 Å². The van der Waals surface area contributed by atoms with Crippen LogP contribution in [-0.2, 0) is 12.8 Å². The fraction of sp³-hybridized carbons (Fsp3) is 0.368. The van der Waals surface area contributed by atoms with Crippen molar-refractivity contribution in [3.8, 4) is 11.5 Å². The first-order chi connectivity index (χ1) is 11.2. The van der Waals surface area contributed by atoms with Crippen LogP contribution < -0.4 is 5.32 Å². The second kappa shape index (κ2) is 7.02. The van der Waals surface area contributed by atoms with Gasteiger partial charge in [-0.25, -0.2) is 0 Å². The van der Waals surface area contributed by atoms with E-state index in [0.717, 1.165) is 25.8 Å². The van der Waals surface area contributed by atoms with Crippen LogP contribution in [-0.4, -0.2) is 27.9 Å². The molecule has 0 heterocycles. The van der Waals surface area contributed by atoms with Gasteiger partial charge in [0.1, 0.15) is 0 Å². The smallest absolute Gasteiger partial charge is 0.161 e. The third kappa shape index (κ3) is 3.49. The summed E-state index contributed by atoms with van der Waals surface area (Å²) in [4.78, 5) is 0. The predicted molar refractivity (Wildman–Crippen MR) is 89.6 cm³/mol. The number of aliphatic hydroxyl groups excluding tert-OH is 1. The Hall–Kier alpha value is -2.04. The van der Waals surface area contributed by atoms with Crippen LogP contribution in [0.3, 0.4) is 0 Å². The van der Waals surface area contributed by atoms with E-state index in [1.165, 1.54) is 11.6 Å². The van der Waals surface area contributed by atoms with E-state index in [1.54, 1.807) is 6.07 Å². The summed E-state index contributed by atoms with van der Waals surface area (Å²) >= 11 is 0. The van der Waals surface area contributed by atoms with Crippen LogP contribution in [0.5, 0.6) is 11.5 Å². The molecule has 2 aromatic carbocycles. The lowest BCUT2D eigenvalue weighted by Crippen LogP contribution is -2.39. The SMILES string of the molecule is Oc1ccc2c(c1O)CCC(NCCCc1ccccc1)C2O. The summed E-state index contributed by atoms with van der Waals surface area (Å²) in [6, 6.07) is 13.5. The molecule has 4 nitrogen and oxygen atoms in total. The standard InChI is InChI=1S/C19H23NO3/c21-17-11-9-14-15(19(17)23)8-10-16(18(14)22)20-12-4-7-13-5-2-1-3-6-13/h1-3,5-6,9,11,16,18,20-23H,4,7-8,10,12H2. The summed E-state index contributed by atoms with van der Waals surface area (Å²) in [5, 5.41) is 33.4. The van der Waals surface area contributed by atoms with Gasteiger partial charge < -0.3 is 20.6 Å². The molecule has 0 saturated carbocycles. The van der Waals surface area contributed by atoms with Crippen molar-refractivity contribution in [2.24, 2.45) is 0 Å². The Bertz CT molecular complexity index is 657. The number of aliphatic hydroxyl groups is 1. The number of phenols is 2. The number of benzene rings is 2. The molecule has 3 rings (SSSR count). The molecule has 4 heteroatoms. The molecule has 122 valence electrons. The second-order valence-electron chi connectivity index (χ2n) is 6.13. The summed E-state index contributed by atoms with van der Waals surface area (Å²) in [5.74, 6) is -0.214. The maximum absolute atomic E-state index is 10.5. The number of rotatable bonds is 5. The first kappa shape index (κ1) is 15.8. The largest absolute Gasteiger partial charge is 0.504 e. The molecule has 0 bridgehead atoms. The van der Waals surface area contributed by atoms with Crippen LogP contribution in [0.2, 0.25) is 0 Å². The van der Waals surface area contributed by atoms with Gasteiger partial charge in [-0.1, -0.05) is 36.4 Å². The zero-order valence-electron chi connectivity index (χ0n) is 13.1. The van der Waals surface area contributed by atoms with Crippen molar-refractivity contribution in [2.45, 2.75) is 37.8 Å².